The number of amides is 1. The molecule has 5 heteroatoms. The van der Waals surface area contributed by atoms with Crippen molar-refractivity contribution in [1.29, 1.82) is 0 Å². The molecule has 0 atom stereocenters. The zero-order valence-electron chi connectivity index (χ0n) is 11.6. The van der Waals surface area contributed by atoms with Crippen LogP contribution in [0.1, 0.15) is 10.4 Å². The number of hydrogen-bond acceptors (Lipinski definition) is 3. The standard InChI is InChI=1S/C16H16ClN3O/c17-14-2-1-3-15(12-14)19-8-10-20(11-9-19)16(21)13-4-6-18-7-5-13/h1-7,12H,8-11H2. The summed E-state index contributed by atoms with van der Waals surface area (Å²) in [6.07, 6.45) is 3.30. The Kier molecular flexibility index (Phi) is 4.06. The Morgan fingerprint density at radius 2 is 1.76 bits per heavy atom. The predicted octanol–water partition coefficient (Wildman–Crippen LogP) is 2.70. The van der Waals surface area contributed by atoms with E-state index in [1.807, 2.05) is 29.2 Å². The number of hydrogen-bond donors (Lipinski definition) is 0. The minimum atomic E-state index is 0.0724. The molecule has 0 aliphatic carbocycles. The highest BCUT2D eigenvalue weighted by Gasteiger charge is 2.22. The van der Waals surface area contributed by atoms with Crippen molar-refractivity contribution in [2.75, 3.05) is 31.1 Å². The van der Waals surface area contributed by atoms with E-state index in [0.29, 0.717) is 18.7 Å². The molecule has 0 bridgehead atoms. The van der Waals surface area contributed by atoms with E-state index in [0.717, 1.165) is 23.8 Å². The summed E-state index contributed by atoms with van der Waals surface area (Å²) in [6.45, 7) is 3.07. The molecule has 108 valence electrons. The lowest BCUT2D eigenvalue weighted by atomic mass is 10.2. The fourth-order valence-electron chi connectivity index (χ4n) is 2.52. The largest absolute Gasteiger partial charge is 0.368 e. The number of rotatable bonds is 2. The lowest BCUT2D eigenvalue weighted by Crippen LogP contribution is -2.48. The summed E-state index contributed by atoms with van der Waals surface area (Å²) in [6, 6.07) is 11.3. The fourth-order valence-corrected chi connectivity index (χ4v) is 2.70. The molecule has 1 saturated heterocycles. The number of carbonyl (C=O) groups excluding carboxylic acids is 1. The van der Waals surface area contributed by atoms with Crippen molar-refractivity contribution in [3.63, 3.8) is 0 Å². The summed E-state index contributed by atoms with van der Waals surface area (Å²) < 4.78 is 0. The van der Waals surface area contributed by atoms with Crippen LogP contribution in [0.15, 0.2) is 48.8 Å². The molecule has 0 unspecified atom stereocenters. The van der Waals surface area contributed by atoms with E-state index < -0.39 is 0 Å². The van der Waals surface area contributed by atoms with Gasteiger partial charge < -0.3 is 9.80 Å². The molecule has 3 rings (SSSR count). The topological polar surface area (TPSA) is 36.4 Å². The summed E-state index contributed by atoms with van der Waals surface area (Å²) in [4.78, 5) is 20.4. The van der Waals surface area contributed by atoms with E-state index >= 15 is 0 Å². The van der Waals surface area contributed by atoms with Gasteiger partial charge in [-0.15, -0.1) is 0 Å². The van der Waals surface area contributed by atoms with Crippen LogP contribution in [0.4, 0.5) is 5.69 Å². The van der Waals surface area contributed by atoms with Crippen LogP contribution < -0.4 is 4.90 Å². The number of anilines is 1. The molecule has 1 amide bonds. The first-order valence-corrected chi connectivity index (χ1v) is 7.31. The Morgan fingerprint density at radius 3 is 2.43 bits per heavy atom. The number of halogens is 1. The monoisotopic (exact) mass is 301 g/mol. The highest BCUT2D eigenvalue weighted by Crippen LogP contribution is 2.21. The minimum absolute atomic E-state index is 0.0724. The third kappa shape index (κ3) is 3.16. The molecule has 4 nitrogen and oxygen atoms in total. The van der Waals surface area contributed by atoms with Gasteiger partial charge in [0.25, 0.3) is 5.91 Å². The average Bonchev–Trinajstić information content (AvgIpc) is 2.55. The van der Waals surface area contributed by atoms with Gasteiger partial charge >= 0.3 is 0 Å². The average molecular weight is 302 g/mol. The number of piperazine rings is 1. The van der Waals surface area contributed by atoms with Crippen LogP contribution in [0.2, 0.25) is 5.02 Å². The normalized spacial score (nSPS) is 15.1. The first kappa shape index (κ1) is 13.9. The van der Waals surface area contributed by atoms with Gasteiger partial charge in [-0.25, -0.2) is 0 Å². The summed E-state index contributed by atoms with van der Waals surface area (Å²) in [5, 5.41) is 0.739. The Bertz CT molecular complexity index is 624. The lowest BCUT2D eigenvalue weighted by molar-refractivity contribution is 0.0746. The molecule has 2 heterocycles. The molecule has 1 fully saturated rings. The van der Waals surface area contributed by atoms with Crippen molar-refractivity contribution in [2.45, 2.75) is 0 Å². The summed E-state index contributed by atoms with van der Waals surface area (Å²) in [7, 11) is 0. The molecule has 0 radical (unpaired) electrons. The molecule has 0 spiro atoms. The molecular weight excluding hydrogens is 286 g/mol. The van der Waals surface area contributed by atoms with Crippen LogP contribution in [-0.2, 0) is 0 Å². The van der Waals surface area contributed by atoms with Crippen molar-refractivity contribution in [1.82, 2.24) is 9.88 Å². The van der Waals surface area contributed by atoms with Gasteiger partial charge in [0.15, 0.2) is 0 Å². The number of carbonyl (C=O) groups is 1. The van der Waals surface area contributed by atoms with Crippen molar-refractivity contribution in [2.24, 2.45) is 0 Å². The Hall–Kier alpha value is -2.07. The van der Waals surface area contributed by atoms with Gasteiger partial charge in [0, 0.05) is 54.8 Å². The zero-order chi connectivity index (χ0) is 14.7. The van der Waals surface area contributed by atoms with E-state index in [1.54, 1.807) is 24.5 Å². The van der Waals surface area contributed by atoms with Crippen molar-refractivity contribution in [3.05, 3.63) is 59.4 Å². The molecule has 1 aliphatic rings. The molecule has 1 aromatic carbocycles. The van der Waals surface area contributed by atoms with Crippen LogP contribution in [0.5, 0.6) is 0 Å². The van der Waals surface area contributed by atoms with Crippen LogP contribution >= 0.6 is 11.6 Å². The van der Waals surface area contributed by atoms with E-state index in [2.05, 4.69) is 9.88 Å². The van der Waals surface area contributed by atoms with Crippen molar-refractivity contribution >= 4 is 23.2 Å². The van der Waals surface area contributed by atoms with E-state index in [-0.39, 0.29) is 5.91 Å². The fraction of sp³-hybridized carbons (Fsp3) is 0.250. The van der Waals surface area contributed by atoms with Crippen LogP contribution in [0.3, 0.4) is 0 Å². The smallest absolute Gasteiger partial charge is 0.254 e. The maximum Gasteiger partial charge on any atom is 0.254 e. The Morgan fingerprint density at radius 1 is 1.05 bits per heavy atom. The van der Waals surface area contributed by atoms with E-state index in [1.165, 1.54) is 0 Å². The summed E-state index contributed by atoms with van der Waals surface area (Å²) in [5.41, 5.74) is 1.81. The number of benzene rings is 1. The van der Waals surface area contributed by atoms with Gasteiger partial charge in [0.05, 0.1) is 0 Å². The predicted molar refractivity (Wildman–Crippen MR) is 83.8 cm³/mol. The van der Waals surface area contributed by atoms with Gasteiger partial charge in [0.2, 0.25) is 0 Å². The molecule has 2 aromatic rings. The second kappa shape index (κ2) is 6.14. The van der Waals surface area contributed by atoms with Gasteiger partial charge in [0.1, 0.15) is 0 Å². The maximum absolute atomic E-state index is 12.4. The Balaban J connectivity index is 1.64. The minimum Gasteiger partial charge on any atom is -0.368 e. The molecule has 0 saturated carbocycles. The first-order chi connectivity index (χ1) is 10.2. The van der Waals surface area contributed by atoms with Gasteiger partial charge in [-0.1, -0.05) is 17.7 Å². The zero-order valence-corrected chi connectivity index (χ0v) is 12.3. The lowest BCUT2D eigenvalue weighted by Gasteiger charge is -2.36. The highest BCUT2D eigenvalue weighted by atomic mass is 35.5. The third-order valence-corrected chi connectivity index (χ3v) is 3.90. The number of pyridine rings is 1. The molecule has 1 aromatic heterocycles. The molecular formula is C16H16ClN3O. The number of nitrogens with zero attached hydrogens (tertiary/aromatic N) is 3. The van der Waals surface area contributed by atoms with Gasteiger partial charge in [-0.3, -0.25) is 9.78 Å². The molecule has 0 N–H and O–H groups in total. The van der Waals surface area contributed by atoms with E-state index in [4.69, 9.17) is 11.6 Å². The van der Waals surface area contributed by atoms with Gasteiger partial charge in [-0.2, -0.15) is 0 Å². The highest BCUT2D eigenvalue weighted by molar-refractivity contribution is 6.30. The summed E-state index contributed by atoms with van der Waals surface area (Å²) in [5.74, 6) is 0.0724. The Labute approximate surface area is 129 Å². The second-order valence-corrected chi connectivity index (χ2v) is 5.43. The maximum atomic E-state index is 12.4. The van der Waals surface area contributed by atoms with Crippen molar-refractivity contribution < 1.29 is 4.79 Å². The second-order valence-electron chi connectivity index (χ2n) is 5.00. The quantitative estimate of drug-likeness (QED) is 0.856. The first-order valence-electron chi connectivity index (χ1n) is 6.94. The van der Waals surface area contributed by atoms with Crippen LogP contribution in [0, 0.1) is 0 Å². The summed E-state index contributed by atoms with van der Waals surface area (Å²) >= 11 is 6.03. The van der Waals surface area contributed by atoms with Crippen molar-refractivity contribution in [3.8, 4) is 0 Å². The van der Waals surface area contributed by atoms with E-state index in [9.17, 15) is 4.79 Å². The SMILES string of the molecule is O=C(c1ccncc1)N1CCN(c2cccc(Cl)c2)CC1. The third-order valence-electron chi connectivity index (χ3n) is 3.67. The molecule has 21 heavy (non-hydrogen) atoms. The van der Waals surface area contributed by atoms with Crippen LogP contribution in [0.25, 0.3) is 0 Å². The number of aromatic nitrogens is 1. The van der Waals surface area contributed by atoms with Gasteiger partial charge in [-0.05, 0) is 30.3 Å². The molecule has 1 aliphatic heterocycles. The van der Waals surface area contributed by atoms with Crippen LogP contribution in [-0.4, -0.2) is 42.0 Å².